The lowest BCUT2D eigenvalue weighted by Crippen LogP contribution is -2.50. The van der Waals surface area contributed by atoms with Crippen LogP contribution in [0.5, 0.6) is 0 Å². The maximum atomic E-state index is 13.1. The molecule has 1 amide bonds. The summed E-state index contributed by atoms with van der Waals surface area (Å²) in [6, 6.07) is 15.9. The Kier molecular flexibility index (Phi) is 4.66. The van der Waals surface area contributed by atoms with Gasteiger partial charge in [-0.05, 0) is 49.4 Å². The minimum Gasteiger partial charge on any atom is -0.331 e. The quantitative estimate of drug-likeness (QED) is 0.692. The van der Waals surface area contributed by atoms with Gasteiger partial charge in [0.25, 0.3) is 11.7 Å². The lowest BCUT2D eigenvalue weighted by molar-refractivity contribution is -0.331. The molecule has 0 radical (unpaired) electrons. The third-order valence-electron chi connectivity index (χ3n) is 5.11. The zero-order valence-electron chi connectivity index (χ0n) is 15.6. The number of pyridine rings is 1. The monoisotopic (exact) mass is 375 g/mol. The first-order valence-corrected chi connectivity index (χ1v) is 9.22. The number of nitrogens with zero attached hydrogens (tertiary/aromatic N) is 3. The van der Waals surface area contributed by atoms with E-state index in [1.54, 1.807) is 4.90 Å². The molecule has 0 bridgehead atoms. The van der Waals surface area contributed by atoms with Crippen molar-refractivity contribution in [3.8, 4) is 6.07 Å². The summed E-state index contributed by atoms with van der Waals surface area (Å²) < 4.78 is 13.1. The lowest BCUT2D eigenvalue weighted by atomic mass is 10.1. The predicted octanol–water partition coefficient (Wildman–Crippen LogP) is 2.94. The molecule has 28 heavy (non-hydrogen) atoms. The zero-order valence-corrected chi connectivity index (χ0v) is 15.6. The van der Waals surface area contributed by atoms with Crippen LogP contribution >= 0.6 is 0 Å². The molecule has 6 heteroatoms. The number of aryl methyl sites for hydroxylation is 1. The second-order valence-corrected chi connectivity index (χ2v) is 7.02. The highest BCUT2D eigenvalue weighted by Gasteiger charge is 2.29. The number of nitriles is 1. The molecule has 0 aliphatic carbocycles. The average Bonchev–Trinajstić information content (AvgIpc) is 2.73. The Labute approximate surface area is 162 Å². The van der Waals surface area contributed by atoms with Gasteiger partial charge >= 0.3 is 0 Å². The molecule has 140 valence electrons. The van der Waals surface area contributed by atoms with Gasteiger partial charge in [0.1, 0.15) is 36.1 Å². The van der Waals surface area contributed by atoms with Crippen LogP contribution < -0.4 is 9.88 Å². The standard InChI is InChI=1S/C22H19FN4O/c1-15-2-7-20-17(12-15)13-18(14-24)21(25-20)26-8-10-27(11-9-26)22(28)16-3-5-19(23)6-4-16/h2-7,12-13H,8-11H2,1H3/p+1. The number of rotatable bonds is 2. The van der Waals surface area contributed by atoms with E-state index in [0.29, 0.717) is 37.3 Å². The number of piperazine rings is 1. The fraction of sp³-hybridized carbons (Fsp3) is 0.227. The van der Waals surface area contributed by atoms with Crippen molar-refractivity contribution in [3.05, 3.63) is 71.0 Å². The van der Waals surface area contributed by atoms with Crippen LogP contribution in [0.3, 0.4) is 0 Å². The molecular weight excluding hydrogens is 355 g/mol. The smallest absolute Gasteiger partial charge is 0.293 e. The predicted molar refractivity (Wildman–Crippen MR) is 104 cm³/mol. The minimum atomic E-state index is -0.354. The number of carbonyl (C=O) groups excluding carboxylic acids is 1. The van der Waals surface area contributed by atoms with E-state index in [4.69, 9.17) is 0 Å². The summed E-state index contributed by atoms with van der Waals surface area (Å²) in [5, 5.41) is 10.6. The van der Waals surface area contributed by atoms with Gasteiger partial charge in [-0.25, -0.2) is 9.37 Å². The maximum absolute atomic E-state index is 13.1. The summed E-state index contributed by atoms with van der Waals surface area (Å²) in [4.78, 5) is 19.9. The van der Waals surface area contributed by atoms with E-state index in [2.05, 4.69) is 22.0 Å². The SMILES string of the molecule is Cc1ccc2[nH+]c(N3CCN(C(=O)c4ccc(F)cc4)CC3)c(C#N)cc2c1. The molecule has 1 aliphatic rings. The van der Waals surface area contributed by atoms with E-state index < -0.39 is 0 Å². The number of aromatic amines is 1. The number of aromatic nitrogens is 1. The van der Waals surface area contributed by atoms with Crippen molar-refractivity contribution < 1.29 is 14.2 Å². The third kappa shape index (κ3) is 3.39. The second-order valence-electron chi connectivity index (χ2n) is 7.02. The molecule has 3 aromatic rings. The normalized spacial score (nSPS) is 14.2. The van der Waals surface area contributed by atoms with E-state index in [0.717, 1.165) is 22.3 Å². The maximum Gasteiger partial charge on any atom is 0.293 e. The summed E-state index contributed by atoms with van der Waals surface area (Å²) in [7, 11) is 0. The summed E-state index contributed by atoms with van der Waals surface area (Å²) in [6.07, 6.45) is 0. The largest absolute Gasteiger partial charge is 0.331 e. The number of nitrogens with one attached hydrogen (secondary N) is 1. The van der Waals surface area contributed by atoms with Crippen molar-refractivity contribution in [3.63, 3.8) is 0 Å². The highest BCUT2D eigenvalue weighted by molar-refractivity contribution is 5.94. The van der Waals surface area contributed by atoms with Crippen molar-refractivity contribution in [2.45, 2.75) is 6.92 Å². The molecule has 5 nitrogen and oxygen atoms in total. The first kappa shape index (κ1) is 17.9. The summed E-state index contributed by atoms with van der Waals surface area (Å²) >= 11 is 0. The van der Waals surface area contributed by atoms with Gasteiger partial charge in [-0.15, -0.1) is 0 Å². The number of carbonyl (C=O) groups is 1. The number of anilines is 1. The van der Waals surface area contributed by atoms with Gasteiger partial charge in [0.15, 0.2) is 0 Å². The van der Waals surface area contributed by atoms with Crippen molar-refractivity contribution in [1.29, 1.82) is 5.26 Å². The van der Waals surface area contributed by atoms with E-state index in [1.807, 2.05) is 25.1 Å². The summed E-state index contributed by atoms with van der Waals surface area (Å²) in [5.41, 5.74) is 3.20. The number of hydrogen-bond donors (Lipinski definition) is 0. The molecule has 4 rings (SSSR count). The summed E-state index contributed by atoms with van der Waals surface area (Å²) in [5.74, 6) is 0.332. The molecule has 0 atom stereocenters. The van der Waals surface area contributed by atoms with Gasteiger partial charge in [0, 0.05) is 10.9 Å². The molecule has 1 fully saturated rings. The van der Waals surface area contributed by atoms with Gasteiger partial charge in [0.2, 0.25) is 0 Å². The van der Waals surface area contributed by atoms with Gasteiger partial charge in [-0.2, -0.15) is 5.26 Å². The first-order valence-electron chi connectivity index (χ1n) is 9.22. The number of halogens is 1. The fourth-order valence-corrected chi connectivity index (χ4v) is 3.58. The molecule has 1 aromatic heterocycles. The lowest BCUT2D eigenvalue weighted by Gasteiger charge is -2.31. The molecule has 2 heterocycles. The Morgan fingerprint density at radius 2 is 1.79 bits per heavy atom. The average molecular weight is 375 g/mol. The molecule has 0 spiro atoms. The number of hydrogen-bond acceptors (Lipinski definition) is 3. The van der Waals surface area contributed by atoms with E-state index in [-0.39, 0.29) is 11.7 Å². The number of fused-ring (bicyclic) bond motifs is 1. The van der Waals surface area contributed by atoms with E-state index in [1.165, 1.54) is 24.3 Å². The Hall–Kier alpha value is -3.46. The third-order valence-corrected chi connectivity index (χ3v) is 5.11. The Morgan fingerprint density at radius 1 is 1.07 bits per heavy atom. The van der Waals surface area contributed by atoms with Crippen LogP contribution in [0.15, 0.2) is 48.5 Å². The van der Waals surface area contributed by atoms with Gasteiger partial charge in [-0.3, -0.25) is 9.69 Å². The highest BCUT2D eigenvalue weighted by Crippen LogP contribution is 2.22. The second kappa shape index (κ2) is 7.28. The molecule has 1 N–H and O–H groups in total. The van der Waals surface area contributed by atoms with Crippen LogP contribution in [0, 0.1) is 24.1 Å². The van der Waals surface area contributed by atoms with Crippen molar-refractivity contribution >= 4 is 22.6 Å². The fourth-order valence-electron chi connectivity index (χ4n) is 3.58. The number of amides is 1. The van der Waals surface area contributed by atoms with Crippen LogP contribution in [0.25, 0.3) is 10.9 Å². The van der Waals surface area contributed by atoms with Crippen LogP contribution in [0.4, 0.5) is 10.2 Å². The van der Waals surface area contributed by atoms with Gasteiger partial charge in [-0.1, -0.05) is 11.6 Å². The van der Waals surface area contributed by atoms with Crippen molar-refractivity contribution in [2.24, 2.45) is 0 Å². The molecule has 2 aromatic carbocycles. The van der Waals surface area contributed by atoms with Crippen LogP contribution in [-0.4, -0.2) is 37.0 Å². The molecule has 0 unspecified atom stereocenters. The van der Waals surface area contributed by atoms with E-state index >= 15 is 0 Å². The first-order chi connectivity index (χ1) is 13.5. The minimum absolute atomic E-state index is 0.0990. The Morgan fingerprint density at radius 3 is 2.46 bits per heavy atom. The van der Waals surface area contributed by atoms with Crippen molar-refractivity contribution in [1.82, 2.24) is 4.90 Å². The van der Waals surface area contributed by atoms with Crippen LogP contribution in [0.2, 0.25) is 0 Å². The van der Waals surface area contributed by atoms with Crippen LogP contribution in [-0.2, 0) is 0 Å². The topological polar surface area (TPSA) is 61.5 Å². The molecule has 1 aliphatic heterocycles. The van der Waals surface area contributed by atoms with E-state index in [9.17, 15) is 14.4 Å². The molecule has 0 saturated carbocycles. The van der Waals surface area contributed by atoms with Gasteiger partial charge in [0.05, 0.1) is 13.1 Å². The van der Waals surface area contributed by atoms with Gasteiger partial charge < -0.3 is 4.90 Å². The Balaban J connectivity index is 1.53. The summed E-state index contributed by atoms with van der Waals surface area (Å²) in [6.45, 7) is 4.35. The van der Waals surface area contributed by atoms with Crippen LogP contribution in [0.1, 0.15) is 21.5 Å². The van der Waals surface area contributed by atoms with Crippen molar-refractivity contribution in [2.75, 3.05) is 31.1 Å². The number of H-pyrrole nitrogens is 1. The molecular formula is C22H20FN4O+. The Bertz CT molecular complexity index is 1080. The zero-order chi connectivity index (χ0) is 19.7. The highest BCUT2D eigenvalue weighted by atomic mass is 19.1. The molecule has 1 saturated heterocycles. The number of benzene rings is 2.